The average Bonchev–Trinajstić information content (AvgIpc) is 2.83. The molecule has 0 saturated heterocycles. The second-order valence-corrected chi connectivity index (χ2v) is 9.72. The van der Waals surface area contributed by atoms with Gasteiger partial charge in [0.15, 0.2) is 6.61 Å². The fourth-order valence-corrected chi connectivity index (χ4v) is 4.59. The molecule has 3 aromatic carbocycles. The van der Waals surface area contributed by atoms with Crippen LogP contribution in [0.5, 0.6) is 17.2 Å². The Morgan fingerprint density at radius 1 is 0.829 bits per heavy atom. The highest BCUT2D eigenvalue weighted by Crippen LogP contribution is 2.28. The van der Waals surface area contributed by atoms with Crippen LogP contribution in [-0.4, -0.2) is 35.2 Å². The molecule has 0 aliphatic carbocycles. The van der Waals surface area contributed by atoms with E-state index >= 15 is 0 Å². The number of benzene rings is 3. The molecule has 0 unspecified atom stereocenters. The number of anilines is 1. The number of amides is 1. The number of sulfonamides is 1. The van der Waals surface area contributed by atoms with Crippen LogP contribution in [0.25, 0.3) is 0 Å². The smallest absolute Gasteiger partial charge is 0.261 e. The van der Waals surface area contributed by atoms with Gasteiger partial charge in [0.25, 0.3) is 15.9 Å². The van der Waals surface area contributed by atoms with Crippen molar-refractivity contribution in [2.75, 3.05) is 25.5 Å². The number of ether oxygens (including phenoxy) is 3. The minimum atomic E-state index is -3.77. The van der Waals surface area contributed by atoms with Crippen molar-refractivity contribution in [2.24, 2.45) is 0 Å². The molecule has 0 saturated carbocycles. The van der Waals surface area contributed by atoms with Crippen molar-refractivity contribution in [3.63, 3.8) is 0 Å². The summed E-state index contributed by atoms with van der Waals surface area (Å²) in [6.07, 6.45) is 0. The molecule has 8 nitrogen and oxygen atoms in total. The summed E-state index contributed by atoms with van der Waals surface area (Å²) in [7, 11) is -0.677. The van der Waals surface area contributed by atoms with Gasteiger partial charge in [-0.15, -0.1) is 0 Å². The molecule has 0 fully saturated rings. The second kappa shape index (κ2) is 11.1. The molecule has 1 amide bonds. The molecule has 0 radical (unpaired) electrons. The van der Waals surface area contributed by atoms with E-state index in [2.05, 4.69) is 10.0 Å². The Morgan fingerprint density at radius 2 is 1.51 bits per heavy atom. The zero-order valence-corrected chi connectivity index (χ0v) is 21.3. The molecule has 0 bridgehead atoms. The maximum Gasteiger partial charge on any atom is 0.261 e. The monoisotopic (exact) mass is 498 g/mol. The SMILES string of the molecule is COc1cccc(OC)c1CNC(=O)COc1ccc(S(=O)(=O)Nc2ccc(C)c(C)c2)cc1C. The number of aryl methyl sites for hydroxylation is 3. The van der Waals surface area contributed by atoms with Crippen molar-refractivity contribution in [3.8, 4) is 17.2 Å². The number of carbonyl (C=O) groups is 1. The molecule has 0 atom stereocenters. The van der Waals surface area contributed by atoms with Crippen LogP contribution < -0.4 is 24.2 Å². The average molecular weight is 499 g/mol. The van der Waals surface area contributed by atoms with Crippen LogP contribution in [0.1, 0.15) is 22.3 Å². The summed E-state index contributed by atoms with van der Waals surface area (Å²) >= 11 is 0. The summed E-state index contributed by atoms with van der Waals surface area (Å²) in [5.41, 5.74) is 3.87. The number of carbonyl (C=O) groups excluding carboxylic acids is 1. The molecule has 3 aromatic rings. The van der Waals surface area contributed by atoms with Gasteiger partial charge in [-0.05, 0) is 79.9 Å². The van der Waals surface area contributed by atoms with Crippen LogP contribution in [0, 0.1) is 20.8 Å². The van der Waals surface area contributed by atoms with Crippen molar-refractivity contribution in [3.05, 3.63) is 76.9 Å². The lowest BCUT2D eigenvalue weighted by atomic mass is 10.1. The lowest BCUT2D eigenvalue weighted by Crippen LogP contribution is -2.28. The second-order valence-electron chi connectivity index (χ2n) is 8.04. The zero-order valence-electron chi connectivity index (χ0n) is 20.5. The van der Waals surface area contributed by atoms with E-state index in [1.807, 2.05) is 19.9 Å². The summed E-state index contributed by atoms with van der Waals surface area (Å²) in [6.45, 7) is 5.58. The summed E-state index contributed by atoms with van der Waals surface area (Å²) in [5, 5.41) is 2.78. The Balaban J connectivity index is 1.62. The third-order valence-electron chi connectivity index (χ3n) is 5.57. The molecule has 0 aromatic heterocycles. The molecule has 186 valence electrons. The van der Waals surface area contributed by atoms with Gasteiger partial charge in [-0.2, -0.15) is 0 Å². The Morgan fingerprint density at radius 3 is 2.11 bits per heavy atom. The van der Waals surface area contributed by atoms with Crippen LogP contribution in [0.15, 0.2) is 59.5 Å². The Kier molecular flexibility index (Phi) is 8.24. The van der Waals surface area contributed by atoms with E-state index in [4.69, 9.17) is 14.2 Å². The largest absolute Gasteiger partial charge is 0.496 e. The number of nitrogens with one attached hydrogen (secondary N) is 2. The first-order valence-electron chi connectivity index (χ1n) is 10.9. The van der Waals surface area contributed by atoms with E-state index < -0.39 is 10.0 Å². The summed E-state index contributed by atoms with van der Waals surface area (Å²) in [4.78, 5) is 12.5. The van der Waals surface area contributed by atoms with Gasteiger partial charge in [0, 0.05) is 5.69 Å². The minimum absolute atomic E-state index is 0.105. The van der Waals surface area contributed by atoms with Crippen LogP contribution in [-0.2, 0) is 21.4 Å². The zero-order chi connectivity index (χ0) is 25.6. The van der Waals surface area contributed by atoms with Gasteiger partial charge in [-0.3, -0.25) is 9.52 Å². The number of rotatable bonds is 10. The molecule has 0 aliphatic heterocycles. The van der Waals surface area contributed by atoms with Crippen LogP contribution in [0.2, 0.25) is 0 Å². The summed E-state index contributed by atoms with van der Waals surface area (Å²) < 4.78 is 44.5. The number of hydrogen-bond acceptors (Lipinski definition) is 6. The highest BCUT2D eigenvalue weighted by molar-refractivity contribution is 7.92. The van der Waals surface area contributed by atoms with Gasteiger partial charge >= 0.3 is 0 Å². The van der Waals surface area contributed by atoms with E-state index in [0.717, 1.165) is 11.1 Å². The van der Waals surface area contributed by atoms with E-state index in [1.54, 1.807) is 57.5 Å². The van der Waals surface area contributed by atoms with Crippen LogP contribution in [0.4, 0.5) is 5.69 Å². The predicted octanol–water partition coefficient (Wildman–Crippen LogP) is 4.13. The summed E-state index contributed by atoms with van der Waals surface area (Å²) in [5.74, 6) is 1.28. The standard InChI is InChI=1S/C26H30N2O6S/c1-17-9-10-20(13-18(17)2)28-35(30,31)21-11-12-23(19(3)14-21)34-16-26(29)27-15-22-24(32-4)7-6-8-25(22)33-5/h6-14,28H,15-16H2,1-5H3,(H,27,29). The van der Waals surface area contributed by atoms with E-state index in [1.165, 1.54) is 12.1 Å². The lowest BCUT2D eigenvalue weighted by molar-refractivity contribution is -0.123. The molecular formula is C26H30N2O6S. The first-order valence-corrected chi connectivity index (χ1v) is 12.4. The Hall–Kier alpha value is -3.72. The van der Waals surface area contributed by atoms with Crippen molar-refractivity contribution in [2.45, 2.75) is 32.2 Å². The first-order chi connectivity index (χ1) is 16.6. The van der Waals surface area contributed by atoms with Gasteiger partial charge in [0.2, 0.25) is 0 Å². The van der Waals surface area contributed by atoms with Gasteiger partial charge < -0.3 is 19.5 Å². The molecule has 0 spiro atoms. The van der Waals surface area contributed by atoms with Gasteiger partial charge in [0.1, 0.15) is 17.2 Å². The van der Waals surface area contributed by atoms with Crippen molar-refractivity contribution >= 4 is 21.6 Å². The Labute approximate surface area is 206 Å². The van der Waals surface area contributed by atoms with Gasteiger partial charge in [0.05, 0.1) is 31.2 Å². The normalized spacial score (nSPS) is 11.0. The highest BCUT2D eigenvalue weighted by Gasteiger charge is 2.17. The van der Waals surface area contributed by atoms with E-state index in [0.29, 0.717) is 34.1 Å². The fourth-order valence-electron chi connectivity index (χ4n) is 3.45. The lowest BCUT2D eigenvalue weighted by Gasteiger charge is -2.15. The predicted molar refractivity (Wildman–Crippen MR) is 135 cm³/mol. The van der Waals surface area contributed by atoms with Crippen LogP contribution >= 0.6 is 0 Å². The van der Waals surface area contributed by atoms with E-state index in [-0.39, 0.29) is 24.0 Å². The topological polar surface area (TPSA) is 103 Å². The summed E-state index contributed by atoms with van der Waals surface area (Å²) in [6, 6.07) is 15.3. The Bertz CT molecular complexity index is 1300. The molecule has 0 aliphatic rings. The molecule has 2 N–H and O–H groups in total. The number of hydrogen-bond donors (Lipinski definition) is 2. The van der Waals surface area contributed by atoms with Crippen molar-refractivity contribution in [1.29, 1.82) is 0 Å². The minimum Gasteiger partial charge on any atom is -0.496 e. The molecule has 9 heteroatoms. The third-order valence-corrected chi connectivity index (χ3v) is 6.95. The molecular weight excluding hydrogens is 468 g/mol. The van der Waals surface area contributed by atoms with Crippen molar-refractivity contribution < 1.29 is 27.4 Å². The maximum atomic E-state index is 12.8. The van der Waals surface area contributed by atoms with Crippen LogP contribution in [0.3, 0.4) is 0 Å². The first kappa shape index (κ1) is 25.9. The molecule has 0 heterocycles. The maximum absolute atomic E-state index is 12.8. The van der Waals surface area contributed by atoms with Gasteiger partial charge in [-0.1, -0.05) is 12.1 Å². The highest BCUT2D eigenvalue weighted by atomic mass is 32.2. The quantitative estimate of drug-likeness (QED) is 0.436. The third kappa shape index (κ3) is 6.45. The van der Waals surface area contributed by atoms with E-state index in [9.17, 15) is 13.2 Å². The fraction of sp³-hybridized carbons (Fsp3) is 0.269. The molecule has 35 heavy (non-hydrogen) atoms. The van der Waals surface area contributed by atoms with Gasteiger partial charge in [-0.25, -0.2) is 8.42 Å². The van der Waals surface area contributed by atoms with Crippen molar-refractivity contribution in [1.82, 2.24) is 5.32 Å². The molecule has 3 rings (SSSR count). The number of methoxy groups -OCH3 is 2.